The maximum Gasteiger partial charge on any atom is 0.255 e. The summed E-state index contributed by atoms with van der Waals surface area (Å²) in [5, 5.41) is 2.91. The summed E-state index contributed by atoms with van der Waals surface area (Å²) in [6.45, 7) is 3.55. The van der Waals surface area contributed by atoms with Crippen LogP contribution in [0.4, 0.5) is 0 Å². The molecule has 7 nitrogen and oxygen atoms in total. The van der Waals surface area contributed by atoms with Crippen LogP contribution in [0, 0.1) is 5.41 Å². The largest absolute Gasteiger partial charge is 0.497 e. The summed E-state index contributed by atoms with van der Waals surface area (Å²) < 4.78 is 17.3. The third-order valence-corrected chi connectivity index (χ3v) is 6.87. The van der Waals surface area contributed by atoms with Crippen LogP contribution in [-0.4, -0.2) is 63.3 Å². The zero-order valence-corrected chi connectivity index (χ0v) is 19.9. The molecule has 2 aliphatic rings. The first kappa shape index (κ1) is 24.1. The van der Waals surface area contributed by atoms with E-state index in [0.29, 0.717) is 62.1 Å². The van der Waals surface area contributed by atoms with E-state index in [9.17, 15) is 9.59 Å². The minimum atomic E-state index is -0.149. The van der Waals surface area contributed by atoms with Crippen molar-refractivity contribution < 1.29 is 23.8 Å². The predicted octanol–water partition coefficient (Wildman–Crippen LogP) is 3.93. The molecule has 2 heterocycles. The first-order valence-corrected chi connectivity index (χ1v) is 12.1. The second-order valence-electron chi connectivity index (χ2n) is 9.13. The average molecular weight is 467 g/mol. The van der Waals surface area contributed by atoms with Crippen molar-refractivity contribution in [3.05, 3.63) is 59.7 Å². The monoisotopic (exact) mass is 466 g/mol. The first-order chi connectivity index (χ1) is 16.6. The molecule has 0 atom stereocenters. The van der Waals surface area contributed by atoms with Gasteiger partial charge in [-0.3, -0.25) is 9.59 Å². The number of rotatable bonds is 2. The minimum Gasteiger partial charge on any atom is -0.497 e. The fourth-order valence-corrected chi connectivity index (χ4v) is 4.74. The fourth-order valence-electron chi connectivity index (χ4n) is 4.74. The van der Waals surface area contributed by atoms with Crippen molar-refractivity contribution in [1.29, 1.82) is 0 Å². The Balaban J connectivity index is 1.47. The van der Waals surface area contributed by atoms with Gasteiger partial charge in [0.25, 0.3) is 11.8 Å². The van der Waals surface area contributed by atoms with E-state index in [2.05, 4.69) is 5.32 Å². The number of ether oxygens (including phenoxy) is 3. The third-order valence-electron chi connectivity index (χ3n) is 6.87. The van der Waals surface area contributed by atoms with Crippen LogP contribution in [0.1, 0.15) is 52.8 Å². The molecular formula is C27H34N2O5. The van der Waals surface area contributed by atoms with E-state index in [1.165, 1.54) is 0 Å². The van der Waals surface area contributed by atoms with E-state index in [1.54, 1.807) is 19.2 Å². The molecule has 7 heteroatoms. The molecule has 34 heavy (non-hydrogen) atoms. The number of fused-ring (bicyclic) bond motifs is 1. The van der Waals surface area contributed by atoms with Gasteiger partial charge >= 0.3 is 0 Å². The highest BCUT2D eigenvalue weighted by Gasteiger charge is 2.37. The number of carbonyl (C=O) groups excluding carboxylic acids is 2. The first-order valence-electron chi connectivity index (χ1n) is 12.1. The van der Waals surface area contributed by atoms with Crippen molar-refractivity contribution in [2.24, 2.45) is 5.41 Å². The van der Waals surface area contributed by atoms with Crippen LogP contribution >= 0.6 is 0 Å². The molecule has 2 amide bonds. The molecule has 2 aromatic rings. The van der Waals surface area contributed by atoms with Gasteiger partial charge in [-0.25, -0.2) is 0 Å². The van der Waals surface area contributed by atoms with E-state index in [4.69, 9.17) is 14.2 Å². The van der Waals surface area contributed by atoms with Gasteiger partial charge in [0.2, 0.25) is 0 Å². The molecule has 2 aromatic carbocycles. The Hall–Kier alpha value is -3.06. The van der Waals surface area contributed by atoms with Crippen LogP contribution in [0.5, 0.6) is 11.5 Å². The third kappa shape index (κ3) is 5.89. The molecule has 0 aliphatic carbocycles. The molecule has 0 saturated carbocycles. The summed E-state index contributed by atoms with van der Waals surface area (Å²) in [7, 11) is 1.61. The Morgan fingerprint density at radius 1 is 1.03 bits per heavy atom. The molecule has 1 spiro atoms. The smallest absolute Gasteiger partial charge is 0.255 e. The Bertz CT molecular complexity index is 984. The maximum atomic E-state index is 13.1. The molecule has 0 aromatic heterocycles. The highest BCUT2D eigenvalue weighted by Crippen LogP contribution is 2.38. The second kappa shape index (κ2) is 11.4. The number of piperidine rings is 1. The molecule has 1 saturated heterocycles. The molecule has 2 aliphatic heterocycles. The zero-order chi connectivity index (χ0) is 23.8. The minimum absolute atomic E-state index is 0.0333. The molecule has 0 unspecified atom stereocenters. The Morgan fingerprint density at radius 3 is 2.68 bits per heavy atom. The van der Waals surface area contributed by atoms with Gasteiger partial charge in [0.15, 0.2) is 0 Å². The number of likely N-dealkylation sites (tertiary alicyclic amines) is 1. The SMILES string of the molecule is COc1cccc(C(=O)N2CCC3(CCCCOCCNC(=O)c4ccccc4OC3)CC2)c1. The number of para-hydroxylation sites is 1. The zero-order valence-electron chi connectivity index (χ0n) is 19.9. The lowest BCUT2D eigenvalue weighted by molar-refractivity contribution is 0.0340. The summed E-state index contributed by atoms with van der Waals surface area (Å²) in [5.74, 6) is 1.17. The molecule has 0 radical (unpaired) electrons. The topological polar surface area (TPSA) is 77.1 Å². The van der Waals surface area contributed by atoms with E-state index in [-0.39, 0.29) is 17.2 Å². The molecule has 1 N–H and O–H groups in total. The van der Waals surface area contributed by atoms with Gasteiger partial charge in [-0.15, -0.1) is 0 Å². The van der Waals surface area contributed by atoms with Crippen molar-refractivity contribution in [1.82, 2.24) is 10.2 Å². The molecule has 1 fully saturated rings. The van der Waals surface area contributed by atoms with Crippen molar-refractivity contribution in [3.8, 4) is 11.5 Å². The van der Waals surface area contributed by atoms with Crippen LogP contribution in [0.15, 0.2) is 48.5 Å². The van der Waals surface area contributed by atoms with Crippen LogP contribution in [0.3, 0.4) is 0 Å². The van der Waals surface area contributed by atoms with Gasteiger partial charge in [0, 0.05) is 37.2 Å². The number of benzene rings is 2. The van der Waals surface area contributed by atoms with Crippen molar-refractivity contribution in [3.63, 3.8) is 0 Å². The van der Waals surface area contributed by atoms with Gasteiger partial charge < -0.3 is 24.4 Å². The second-order valence-corrected chi connectivity index (χ2v) is 9.13. The van der Waals surface area contributed by atoms with Crippen molar-refractivity contribution >= 4 is 11.8 Å². The summed E-state index contributed by atoms with van der Waals surface area (Å²) in [5.41, 5.74) is 1.15. The highest BCUT2D eigenvalue weighted by atomic mass is 16.5. The van der Waals surface area contributed by atoms with Gasteiger partial charge in [-0.2, -0.15) is 0 Å². The number of amides is 2. The summed E-state index contributed by atoms with van der Waals surface area (Å²) >= 11 is 0. The molecule has 0 bridgehead atoms. The van der Waals surface area contributed by atoms with E-state index in [0.717, 1.165) is 32.1 Å². The lowest BCUT2D eigenvalue weighted by atomic mass is 9.75. The van der Waals surface area contributed by atoms with Gasteiger partial charge in [-0.1, -0.05) is 24.6 Å². The summed E-state index contributed by atoms with van der Waals surface area (Å²) in [6, 6.07) is 14.7. The lowest BCUT2D eigenvalue weighted by Crippen LogP contribution is -2.45. The van der Waals surface area contributed by atoms with Gasteiger partial charge in [-0.05, 0) is 56.0 Å². The number of nitrogens with one attached hydrogen (secondary N) is 1. The lowest BCUT2D eigenvalue weighted by Gasteiger charge is -2.42. The summed E-state index contributed by atoms with van der Waals surface area (Å²) in [4.78, 5) is 27.7. The predicted molar refractivity (Wildman–Crippen MR) is 130 cm³/mol. The number of hydrogen-bond acceptors (Lipinski definition) is 5. The number of hydrogen-bond donors (Lipinski definition) is 1. The van der Waals surface area contributed by atoms with Gasteiger partial charge in [0.1, 0.15) is 11.5 Å². The maximum absolute atomic E-state index is 13.1. The normalized spacial score (nSPS) is 19.3. The Labute approximate surface area is 201 Å². The van der Waals surface area contributed by atoms with E-state index >= 15 is 0 Å². The van der Waals surface area contributed by atoms with E-state index < -0.39 is 0 Å². The number of nitrogens with zero attached hydrogens (tertiary/aromatic N) is 1. The van der Waals surface area contributed by atoms with E-state index in [1.807, 2.05) is 41.3 Å². The molecule has 4 rings (SSSR count). The average Bonchev–Trinajstić information content (AvgIpc) is 2.89. The number of carbonyl (C=O) groups is 2. The van der Waals surface area contributed by atoms with Crippen LogP contribution < -0.4 is 14.8 Å². The standard InChI is InChI=1S/C27H34N2O5/c1-32-22-8-6-7-21(19-22)26(31)29-15-12-27(13-16-29)11-4-5-17-33-18-14-28-25(30)23-9-2-3-10-24(23)34-20-27/h2-3,6-10,19H,4-5,11-18,20H2,1H3,(H,28,30). The Morgan fingerprint density at radius 2 is 1.85 bits per heavy atom. The summed E-state index contributed by atoms with van der Waals surface area (Å²) in [6.07, 6.45) is 4.74. The molecular weight excluding hydrogens is 432 g/mol. The van der Waals surface area contributed by atoms with Gasteiger partial charge in [0.05, 0.1) is 25.9 Å². The van der Waals surface area contributed by atoms with Crippen LogP contribution in [-0.2, 0) is 4.74 Å². The quantitative estimate of drug-likeness (QED) is 0.726. The van der Waals surface area contributed by atoms with Crippen molar-refractivity contribution in [2.75, 3.05) is 46.6 Å². The van der Waals surface area contributed by atoms with Crippen LogP contribution in [0.25, 0.3) is 0 Å². The number of methoxy groups -OCH3 is 1. The highest BCUT2D eigenvalue weighted by molar-refractivity contribution is 5.97. The van der Waals surface area contributed by atoms with Crippen LogP contribution in [0.2, 0.25) is 0 Å². The fraction of sp³-hybridized carbons (Fsp3) is 0.481. The van der Waals surface area contributed by atoms with Crippen molar-refractivity contribution in [2.45, 2.75) is 32.1 Å². The molecule has 182 valence electrons. The Kier molecular flexibility index (Phi) is 8.06.